The Morgan fingerprint density at radius 3 is 1.66 bits per heavy atom. The van der Waals surface area contributed by atoms with Crippen molar-refractivity contribution in [3.8, 4) is 23.0 Å². The molecule has 0 saturated carbocycles. The Balaban J connectivity index is 1.54. The van der Waals surface area contributed by atoms with Crippen molar-refractivity contribution in [2.45, 2.75) is 19.6 Å². The smallest absolute Gasteiger partial charge is 0.347 e. The summed E-state index contributed by atoms with van der Waals surface area (Å²) in [6, 6.07) is 28.2. The molecule has 0 aliphatic heterocycles. The van der Waals surface area contributed by atoms with Crippen molar-refractivity contribution in [1.29, 1.82) is 0 Å². The molecule has 0 aliphatic carbocycles. The van der Waals surface area contributed by atoms with Gasteiger partial charge in [-0.2, -0.15) is 4.40 Å². The van der Waals surface area contributed by atoms with Crippen LogP contribution in [0.2, 0.25) is 0 Å². The van der Waals surface area contributed by atoms with E-state index in [1.54, 1.807) is 56.4 Å². The first-order chi connectivity index (χ1) is 21.4. The molecule has 0 aliphatic rings. The minimum Gasteiger partial charge on any atom is -0.497 e. The van der Waals surface area contributed by atoms with Gasteiger partial charge in [0.1, 0.15) is 11.5 Å². The second-order valence-electron chi connectivity index (χ2n) is 10.2. The summed E-state index contributed by atoms with van der Waals surface area (Å²) >= 11 is 3.35. The van der Waals surface area contributed by atoms with Crippen LogP contribution in [0.1, 0.15) is 0 Å². The quantitative estimate of drug-likeness (QED) is 0.164. The Kier molecular flexibility index (Phi) is 7.14. The molecule has 0 bridgehead atoms. The van der Waals surface area contributed by atoms with E-state index < -0.39 is 0 Å². The van der Waals surface area contributed by atoms with Crippen LogP contribution in [0, 0.1) is 0 Å². The average molecular weight is 622 g/mol. The van der Waals surface area contributed by atoms with Gasteiger partial charge in [-0.3, -0.25) is 0 Å². The Hall–Kier alpha value is -4.60. The fraction of sp³-hybridized carbons (Fsp3) is 0.143. The first-order valence-corrected chi connectivity index (χ1v) is 15.5. The zero-order chi connectivity index (χ0) is 30.5. The number of fused-ring (bicyclic) bond motifs is 4. The molecule has 220 valence electrons. The van der Waals surface area contributed by atoms with E-state index in [1.807, 2.05) is 49.5 Å². The molecule has 0 fully saturated rings. The maximum Gasteiger partial charge on any atom is 0.347 e. The maximum absolute atomic E-state index is 14.4. The highest BCUT2D eigenvalue weighted by molar-refractivity contribution is 8.00. The van der Waals surface area contributed by atoms with Crippen LogP contribution in [0.15, 0.2) is 109 Å². The van der Waals surface area contributed by atoms with Gasteiger partial charge in [0.2, 0.25) is 0 Å². The molecular formula is C35H29N2O5S2+. The molecule has 5 aromatic carbocycles. The van der Waals surface area contributed by atoms with Crippen LogP contribution in [-0.2, 0) is 7.05 Å². The number of hydrogen-bond donors (Lipinski definition) is 0. The van der Waals surface area contributed by atoms with Gasteiger partial charge >= 0.3 is 5.56 Å². The number of hydrogen-bond acceptors (Lipinski definition) is 7. The van der Waals surface area contributed by atoms with Gasteiger partial charge in [-0.05, 0) is 72.8 Å². The van der Waals surface area contributed by atoms with E-state index >= 15 is 0 Å². The molecule has 0 spiro atoms. The number of benzene rings is 5. The van der Waals surface area contributed by atoms with Gasteiger partial charge in [-0.25, -0.2) is 9.36 Å². The lowest BCUT2D eigenvalue weighted by Gasteiger charge is -2.14. The van der Waals surface area contributed by atoms with Gasteiger partial charge in [0, 0.05) is 42.5 Å². The normalized spacial score (nSPS) is 11.6. The molecule has 0 unspecified atom stereocenters. The molecule has 7 aromatic rings. The average Bonchev–Trinajstić information content (AvgIpc) is 3.35. The predicted molar refractivity (Wildman–Crippen MR) is 176 cm³/mol. The minimum atomic E-state index is -0.0806. The second-order valence-corrected chi connectivity index (χ2v) is 12.5. The summed E-state index contributed by atoms with van der Waals surface area (Å²) in [6.45, 7) is 0. The number of imidazole rings is 1. The van der Waals surface area contributed by atoms with E-state index in [9.17, 15) is 4.79 Å². The van der Waals surface area contributed by atoms with Crippen molar-refractivity contribution in [2.24, 2.45) is 7.05 Å². The van der Waals surface area contributed by atoms with E-state index in [-0.39, 0.29) is 5.56 Å². The van der Waals surface area contributed by atoms with E-state index in [0.717, 1.165) is 63.9 Å². The van der Waals surface area contributed by atoms with Crippen LogP contribution >= 0.6 is 23.5 Å². The minimum absolute atomic E-state index is 0.0806. The zero-order valence-corrected chi connectivity index (χ0v) is 26.5. The Morgan fingerprint density at radius 1 is 0.614 bits per heavy atom. The van der Waals surface area contributed by atoms with E-state index in [0.29, 0.717) is 16.9 Å². The molecule has 2 heterocycles. The standard InChI is InChI=1S/C35H29N2O5S2/c1-36-26-18-28(41-4)29(42-5)19-27(26)37-34(36)24-14-16-30(43-22-10-6-20(39-2)7-11-22)33-31(17-15-25(32(24)33)35(37)38)44-23-12-8-21(40-3)9-13-23/h6-19H,1-5H3/q+1. The summed E-state index contributed by atoms with van der Waals surface area (Å²) in [5.74, 6) is 2.79. The number of aryl methyl sites for hydroxylation is 1. The zero-order valence-electron chi connectivity index (χ0n) is 24.8. The summed E-state index contributed by atoms with van der Waals surface area (Å²) in [5.41, 5.74) is 2.36. The van der Waals surface area contributed by atoms with Crippen molar-refractivity contribution in [1.82, 2.24) is 4.40 Å². The third-order valence-corrected chi connectivity index (χ3v) is 10.1. The molecule has 9 heteroatoms. The molecule has 7 rings (SSSR count). The molecule has 44 heavy (non-hydrogen) atoms. The third-order valence-electron chi connectivity index (χ3n) is 7.95. The summed E-state index contributed by atoms with van der Waals surface area (Å²) in [5, 5.41) is 3.63. The maximum atomic E-state index is 14.4. The fourth-order valence-corrected chi connectivity index (χ4v) is 7.84. The van der Waals surface area contributed by atoms with Crippen molar-refractivity contribution < 1.29 is 23.5 Å². The number of aromatic nitrogens is 2. The molecule has 7 nitrogen and oxygen atoms in total. The van der Waals surface area contributed by atoms with E-state index in [2.05, 4.69) is 47.0 Å². The van der Waals surface area contributed by atoms with Crippen LogP contribution in [-0.4, -0.2) is 32.8 Å². The lowest BCUT2D eigenvalue weighted by Crippen LogP contribution is -2.29. The number of methoxy groups -OCH3 is 4. The Morgan fingerprint density at radius 2 is 1.14 bits per heavy atom. The largest absolute Gasteiger partial charge is 0.497 e. The highest BCUT2D eigenvalue weighted by Gasteiger charge is 2.28. The fourth-order valence-electron chi connectivity index (χ4n) is 5.82. The van der Waals surface area contributed by atoms with Gasteiger partial charge in [0.05, 0.1) is 46.3 Å². The predicted octanol–water partition coefficient (Wildman–Crippen LogP) is 7.36. The third kappa shape index (κ3) is 4.46. The highest BCUT2D eigenvalue weighted by atomic mass is 32.2. The van der Waals surface area contributed by atoms with Gasteiger partial charge in [-0.1, -0.05) is 23.5 Å². The van der Waals surface area contributed by atoms with Crippen molar-refractivity contribution in [3.63, 3.8) is 0 Å². The topological polar surface area (TPSA) is 62.3 Å². The molecule has 2 aromatic heterocycles. The van der Waals surface area contributed by atoms with Gasteiger partial charge in [0.15, 0.2) is 22.5 Å². The SMILES string of the molecule is COc1ccc(Sc2ccc3c(=O)n4c5cc(OC)c(OC)cc5[n+](C)c4c4ccc(Sc5ccc(OC)cc5)c2c34)cc1. The van der Waals surface area contributed by atoms with Gasteiger partial charge < -0.3 is 18.9 Å². The van der Waals surface area contributed by atoms with Crippen LogP contribution in [0.25, 0.3) is 38.2 Å². The summed E-state index contributed by atoms with van der Waals surface area (Å²) in [6.07, 6.45) is 0. The van der Waals surface area contributed by atoms with Crippen molar-refractivity contribution in [2.75, 3.05) is 28.4 Å². The van der Waals surface area contributed by atoms with Gasteiger partial charge in [0.25, 0.3) is 5.65 Å². The lowest BCUT2D eigenvalue weighted by atomic mass is 10.0. The van der Waals surface area contributed by atoms with Crippen LogP contribution < -0.4 is 29.1 Å². The molecule has 0 saturated heterocycles. The molecule has 0 N–H and O–H groups in total. The highest BCUT2D eigenvalue weighted by Crippen LogP contribution is 2.45. The molecule has 0 atom stereocenters. The Labute approximate surface area is 262 Å². The van der Waals surface area contributed by atoms with E-state index in [1.165, 1.54) is 0 Å². The van der Waals surface area contributed by atoms with E-state index in [4.69, 9.17) is 18.9 Å². The lowest BCUT2D eigenvalue weighted by molar-refractivity contribution is -0.617. The summed E-state index contributed by atoms with van der Waals surface area (Å²) in [4.78, 5) is 18.7. The second kappa shape index (κ2) is 11.2. The molecule has 0 amide bonds. The Bertz CT molecular complexity index is 2190. The van der Waals surface area contributed by atoms with Crippen LogP contribution in [0.3, 0.4) is 0 Å². The van der Waals surface area contributed by atoms with Crippen molar-refractivity contribution in [3.05, 3.63) is 95.3 Å². The number of nitrogens with zero attached hydrogens (tertiary/aromatic N) is 2. The number of pyridine rings is 1. The van der Waals surface area contributed by atoms with Crippen LogP contribution in [0.5, 0.6) is 23.0 Å². The number of rotatable bonds is 8. The monoisotopic (exact) mass is 621 g/mol. The summed E-state index contributed by atoms with van der Waals surface area (Å²) < 4.78 is 25.8. The number of ether oxygens (including phenoxy) is 4. The summed E-state index contributed by atoms with van der Waals surface area (Å²) in [7, 11) is 8.54. The first-order valence-electron chi connectivity index (χ1n) is 13.9. The van der Waals surface area contributed by atoms with Gasteiger partial charge in [-0.15, -0.1) is 0 Å². The van der Waals surface area contributed by atoms with Crippen molar-refractivity contribution >= 4 is 61.7 Å². The molecular weight excluding hydrogens is 593 g/mol. The van der Waals surface area contributed by atoms with Crippen LogP contribution in [0.4, 0.5) is 0 Å². The molecule has 0 radical (unpaired) electrons. The first kappa shape index (κ1) is 28.2.